The topological polar surface area (TPSA) is 81.4 Å². The highest BCUT2D eigenvalue weighted by atomic mass is 35.5. The molecule has 1 rings (SSSR count). The van der Waals surface area contributed by atoms with E-state index in [2.05, 4.69) is 18.6 Å². The summed E-state index contributed by atoms with van der Waals surface area (Å²) in [5, 5.41) is 0.223. The second-order valence-corrected chi connectivity index (χ2v) is 7.05. The highest BCUT2D eigenvalue weighted by Gasteiger charge is 2.14. The van der Waals surface area contributed by atoms with E-state index >= 15 is 0 Å². The summed E-state index contributed by atoms with van der Waals surface area (Å²) in [6.45, 7) is 5.41. The maximum atomic E-state index is 12.0. The van der Waals surface area contributed by atoms with Crippen LogP contribution in [-0.4, -0.2) is 28.2 Å². The zero-order valence-corrected chi connectivity index (χ0v) is 13.3. The van der Waals surface area contributed by atoms with Gasteiger partial charge in [-0.05, 0) is 30.5 Å². The maximum absolute atomic E-state index is 12.0. The molecule has 0 aliphatic carbocycles. The molecule has 0 aliphatic heterocycles. The molecule has 20 heavy (non-hydrogen) atoms. The Kier molecular flexibility index (Phi) is 6.75. The zero-order valence-electron chi connectivity index (χ0n) is 11.7. The molecular weight excluding hydrogens is 300 g/mol. The molecule has 5 nitrogen and oxygen atoms in total. The first-order valence-corrected chi connectivity index (χ1v) is 8.31. The van der Waals surface area contributed by atoms with Gasteiger partial charge in [-0.3, -0.25) is 0 Å². The minimum atomic E-state index is -3.57. The van der Waals surface area contributed by atoms with Crippen LogP contribution in [0.1, 0.15) is 20.3 Å². The summed E-state index contributed by atoms with van der Waals surface area (Å²) < 4.78 is 31.7. The Morgan fingerprint density at radius 3 is 2.65 bits per heavy atom. The van der Waals surface area contributed by atoms with Crippen molar-refractivity contribution >= 4 is 27.3 Å². The normalized spacial score (nSPS) is 12.0. The van der Waals surface area contributed by atoms with Crippen LogP contribution in [0.2, 0.25) is 5.02 Å². The molecule has 0 aromatic heterocycles. The average Bonchev–Trinajstić information content (AvgIpc) is 2.36. The van der Waals surface area contributed by atoms with Gasteiger partial charge in [-0.2, -0.15) is 0 Å². The Hall–Kier alpha value is -0.820. The second kappa shape index (κ2) is 7.83. The predicted molar refractivity (Wildman–Crippen MR) is 81.3 cm³/mol. The van der Waals surface area contributed by atoms with E-state index in [4.69, 9.17) is 22.1 Å². The van der Waals surface area contributed by atoms with E-state index in [0.717, 1.165) is 6.42 Å². The van der Waals surface area contributed by atoms with Crippen LogP contribution in [0.25, 0.3) is 0 Å². The molecule has 0 radical (unpaired) electrons. The molecule has 0 bridgehead atoms. The summed E-state index contributed by atoms with van der Waals surface area (Å²) in [6.07, 6.45) is 0.959. The Morgan fingerprint density at radius 2 is 2.05 bits per heavy atom. The third kappa shape index (κ3) is 5.66. The number of halogens is 1. The summed E-state index contributed by atoms with van der Waals surface area (Å²) in [4.78, 5) is 0.0962. The van der Waals surface area contributed by atoms with Crippen molar-refractivity contribution in [2.75, 3.05) is 25.5 Å². The molecule has 1 aromatic rings. The summed E-state index contributed by atoms with van der Waals surface area (Å²) >= 11 is 5.81. The fourth-order valence-electron chi connectivity index (χ4n) is 1.43. The third-order valence-corrected chi connectivity index (χ3v) is 4.45. The van der Waals surface area contributed by atoms with Gasteiger partial charge in [0.1, 0.15) is 0 Å². The van der Waals surface area contributed by atoms with Crippen LogP contribution in [0.3, 0.4) is 0 Å². The molecule has 7 heteroatoms. The lowest BCUT2D eigenvalue weighted by Gasteiger charge is -2.09. The van der Waals surface area contributed by atoms with Crippen LogP contribution >= 0.6 is 11.6 Å². The van der Waals surface area contributed by atoms with Gasteiger partial charge < -0.3 is 10.5 Å². The number of nitrogen functional groups attached to an aromatic ring is 1. The van der Waals surface area contributed by atoms with Gasteiger partial charge >= 0.3 is 0 Å². The van der Waals surface area contributed by atoms with E-state index in [0.29, 0.717) is 24.8 Å². The van der Waals surface area contributed by atoms with E-state index in [-0.39, 0.29) is 16.5 Å². The number of hydrogen-bond acceptors (Lipinski definition) is 4. The summed E-state index contributed by atoms with van der Waals surface area (Å²) in [5.74, 6) is 0.573. The number of nitrogens with two attached hydrogens (primary N) is 1. The summed E-state index contributed by atoms with van der Waals surface area (Å²) in [6, 6.07) is 4.22. The standard InChI is InChI=1S/C13H21ClN2O3S/c1-10(2)5-7-19-8-6-16-20(17,18)11-3-4-13(15)12(14)9-11/h3-4,9-10,16H,5-8,15H2,1-2H3. The lowest BCUT2D eigenvalue weighted by molar-refractivity contribution is 0.128. The molecule has 0 unspecified atom stereocenters. The molecule has 0 heterocycles. The van der Waals surface area contributed by atoms with Crippen molar-refractivity contribution in [2.45, 2.75) is 25.2 Å². The average molecular weight is 321 g/mol. The smallest absolute Gasteiger partial charge is 0.240 e. The van der Waals surface area contributed by atoms with Crippen molar-refractivity contribution in [3.05, 3.63) is 23.2 Å². The van der Waals surface area contributed by atoms with Crippen molar-refractivity contribution in [3.63, 3.8) is 0 Å². The van der Waals surface area contributed by atoms with Crippen LogP contribution in [0, 0.1) is 5.92 Å². The fourth-order valence-corrected chi connectivity index (χ4v) is 2.71. The third-order valence-electron chi connectivity index (χ3n) is 2.66. The summed E-state index contributed by atoms with van der Waals surface area (Å²) in [7, 11) is -3.57. The van der Waals surface area contributed by atoms with E-state index < -0.39 is 10.0 Å². The first-order chi connectivity index (χ1) is 9.33. The van der Waals surface area contributed by atoms with E-state index in [1.807, 2.05) is 0 Å². The number of sulfonamides is 1. The molecule has 3 N–H and O–H groups in total. The second-order valence-electron chi connectivity index (χ2n) is 4.88. The van der Waals surface area contributed by atoms with Gasteiger partial charge in [-0.25, -0.2) is 13.1 Å². The van der Waals surface area contributed by atoms with Crippen molar-refractivity contribution in [1.82, 2.24) is 4.72 Å². The van der Waals surface area contributed by atoms with Gasteiger partial charge in [0.15, 0.2) is 0 Å². The molecule has 0 fully saturated rings. The maximum Gasteiger partial charge on any atom is 0.240 e. The van der Waals surface area contributed by atoms with Gasteiger partial charge in [-0.1, -0.05) is 25.4 Å². The van der Waals surface area contributed by atoms with Crippen LogP contribution in [0.15, 0.2) is 23.1 Å². The highest BCUT2D eigenvalue weighted by Crippen LogP contribution is 2.22. The predicted octanol–water partition coefficient (Wildman–Crippen LogP) is 2.26. The molecule has 0 aliphatic rings. The van der Waals surface area contributed by atoms with E-state index in [9.17, 15) is 8.42 Å². The number of hydrogen-bond donors (Lipinski definition) is 2. The van der Waals surface area contributed by atoms with Crippen molar-refractivity contribution < 1.29 is 13.2 Å². The molecule has 114 valence electrons. The Bertz CT molecular complexity index is 532. The van der Waals surface area contributed by atoms with E-state index in [1.165, 1.54) is 18.2 Å². The molecule has 0 saturated heterocycles. The van der Waals surface area contributed by atoms with Gasteiger partial charge in [0, 0.05) is 13.2 Å². The number of ether oxygens (including phenoxy) is 1. The number of benzene rings is 1. The molecule has 0 spiro atoms. The monoisotopic (exact) mass is 320 g/mol. The summed E-state index contributed by atoms with van der Waals surface area (Å²) in [5.41, 5.74) is 5.89. The Balaban J connectivity index is 2.43. The van der Waals surface area contributed by atoms with Crippen molar-refractivity contribution in [3.8, 4) is 0 Å². The van der Waals surface area contributed by atoms with Crippen molar-refractivity contribution in [1.29, 1.82) is 0 Å². The molecule has 0 atom stereocenters. The fraction of sp³-hybridized carbons (Fsp3) is 0.538. The van der Waals surface area contributed by atoms with Crippen LogP contribution in [0.5, 0.6) is 0 Å². The molecule has 0 saturated carbocycles. The number of anilines is 1. The lowest BCUT2D eigenvalue weighted by Crippen LogP contribution is -2.27. The van der Waals surface area contributed by atoms with Gasteiger partial charge in [0.25, 0.3) is 0 Å². The van der Waals surface area contributed by atoms with Crippen molar-refractivity contribution in [2.24, 2.45) is 5.92 Å². The van der Waals surface area contributed by atoms with Gasteiger partial charge in [0.2, 0.25) is 10.0 Å². The minimum absolute atomic E-state index is 0.0962. The number of nitrogens with one attached hydrogen (secondary N) is 1. The lowest BCUT2D eigenvalue weighted by atomic mass is 10.1. The molecule has 0 amide bonds. The first-order valence-electron chi connectivity index (χ1n) is 6.45. The Morgan fingerprint density at radius 1 is 1.35 bits per heavy atom. The van der Waals surface area contributed by atoms with E-state index in [1.54, 1.807) is 0 Å². The first kappa shape index (κ1) is 17.2. The molecular formula is C13H21ClN2O3S. The van der Waals surface area contributed by atoms with Gasteiger partial charge in [-0.15, -0.1) is 0 Å². The Labute approximate surface area is 125 Å². The zero-order chi connectivity index (χ0) is 15.2. The van der Waals surface area contributed by atoms with Gasteiger partial charge in [0.05, 0.1) is 22.2 Å². The molecule has 1 aromatic carbocycles. The van der Waals surface area contributed by atoms with Crippen LogP contribution in [-0.2, 0) is 14.8 Å². The highest BCUT2D eigenvalue weighted by molar-refractivity contribution is 7.89. The minimum Gasteiger partial charge on any atom is -0.398 e. The van der Waals surface area contributed by atoms with Crippen LogP contribution in [0.4, 0.5) is 5.69 Å². The van der Waals surface area contributed by atoms with Crippen LogP contribution < -0.4 is 10.5 Å². The largest absolute Gasteiger partial charge is 0.398 e. The SMILES string of the molecule is CC(C)CCOCCNS(=O)(=O)c1ccc(N)c(Cl)c1. The quantitative estimate of drug-likeness (QED) is 0.568. The number of rotatable bonds is 8.